The Morgan fingerprint density at radius 3 is 1.92 bits per heavy atom. The number of carbonyl (C=O) groups is 1. The Labute approximate surface area is 281 Å². The number of allylic oxidation sites excluding steroid dienone is 2. The lowest BCUT2D eigenvalue weighted by Gasteiger charge is -2.48. The van der Waals surface area contributed by atoms with Gasteiger partial charge >= 0.3 is 0 Å². The van der Waals surface area contributed by atoms with Gasteiger partial charge in [-0.15, -0.1) is 0 Å². The van der Waals surface area contributed by atoms with Crippen LogP contribution in [-0.4, -0.2) is 34.4 Å². The van der Waals surface area contributed by atoms with Gasteiger partial charge in [0.1, 0.15) is 17.1 Å². The van der Waals surface area contributed by atoms with Gasteiger partial charge in [-0.3, -0.25) is 9.79 Å². The number of Topliss-reactive ketones (excluding diaryl/α,β-unsaturated/α-hetero) is 1. The second-order valence-corrected chi connectivity index (χ2v) is 15.5. The highest BCUT2D eigenvalue weighted by Gasteiger charge is 2.44. The average Bonchev–Trinajstić information content (AvgIpc) is 3.03. The third-order valence-corrected chi connectivity index (χ3v) is 11.3. The molecule has 0 bridgehead atoms. The zero-order valence-electron chi connectivity index (χ0n) is 28.6. The van der Waals surface area contributed by atoms with E-state index in [-0.39, 0.29) is 17.2 Å². The molecule has 7 nitrogen and oxygen atoms in total. The minimum Gasteiger partial charge on any atom is -0.506 e. The van der Waals surface area contributed by atoms with E-state index >= 15 is 0 Å². The number of rotatable bonds is 1. The van der Waals surface area contributed by atoms with Gasteiger partial charge in [0.15, 0.2) is 0 Å². The highest BCUT2D eigenvalue weighted by atomic mass is 16.3. The Hall–Kier alpha value is -4.36. The first kappa shape index (κ1) is 30.9. The molecule has 4 atom stereocenters. The Morgan fingerprint density at radius 1 is 0.688 bits per heavy atom. The largest absolute Gasteiger partial charge is 0.506 e. The fraction of sp³-hybridized carbons (Fsp3) is 0.415. The van der Waals surface area contributed by atoms with Crippen molar-refractivity contribution < 1.29 is 15.0 Å². The molecule has 9 rings (SSSR count). The predicted octanol–water partition coefficient (Wildman–Crippen LogP) is 7.49. The van der Waals surface area contributed by atoms with Gasteiger partial charge in [-0.1, -0.05) is 76.2 Å². The molecular weight excluding hydrogens is 596 g/mol. The number of ketones is 1. The van der Waals surface area contributed by atoms with Gasteiger partial charge in [0.25, 0.3) is 0 Å². The maximum Gasteiger partial charge on any atom is 0.201 e. The molecule has 7 heteroatoms. The number of nitrogens with zero attached hydrogens (tertiary/aromatic N) is 1. The molecule has 2 aliphatic heterocycles. The van der Waals surface area contributed by atoms with Gasteiger partial charge in [0.05, 0.1) is 22.2 Å². The van der Waals surface area contributed by atoms with Crippen LogP contribution in [0.2, 0.25) is 0 Å². The summed E-state index contributed by atoms with van der Waals surface area (Å²) in [5, 5.41) is 36.4. The first-order valence-electron chi connectivity index (χ1n) is 17.6. The van der Waals surface area contributed by atoms with Gasteiger partial charge in [0.2, 0.25) is 5.78 Å². The number of hydrogen-bond acceptors (Lipinski definition) is 7. The zero-order valence-corrected chi connectivity index (χ0v) is 28.6. The summed E-state index contributed by atoms with van der Waals surface area (Å²) in [6, 6.07) is 20.8. The van der Waals surface area contributed by atoms with E-state index in [4.69, 9.17) is 10.1 Å². The summed E-state index contributed by atoms with van der Waals surface area (Å²) in [4.78, 5) is 19.8. The number of nitrogens with one attached hydrogen (secondary N) is 3. The van der Waals surface area contributed by atoms with Crippen molar-refractivity contribution >= 4 is 55.5 Å². The number of benzene rings is 4. The fourth-order valence-electron chi connectivity index (χ4n) is 10.1. The van der Waals surface area contributed by atoms with Crippen LogP contribution in [0, 0.1) is 23.7 Å². The van der Waals surface area contributed by atoms with E-state index in [9.17, 15) is 9.90 Å². The fourth-order valence-corrected chi connectivity index (χ4v) is 10.1. The molecule has 0 amide bonds. The number of aliphatic hydroxyl groups excluding tert-OH is 2. The summed E-state index contributed by atoms with van der Waals surface area (Å²) in [5.41, 5.74) is 3.94. The van der Waals surface area contributed by atoms with Crippen LogP contribution in [0.25, 0.3) is 32.7 Å². The van der Waals surface area contributed by atoms with E-state index in [2.05, 4.69) is 92.2 Å². The molecule has 4 aromatic carbocycles. The summed E-state index contributed by atoms with van der Waals surface area (Å²) < 4.78 is 0. The molecule has 0 radical (unpaired) electrons. The predicted molar refractivity (Wildman–Crippen MR) is 195 cm³/mol. The van der Waals surface area contributed by atoms with E-state index in [0.29, 0.717) is 34.8 Å². The Morgan fingerprint density at radius 2 is 1.27 bits per heavy atom. The molecule has 2 spiro atoms. The minimum atomic E-state index is -0.414. The van der Waals surface area contributed by atoms with Crippen molar-refractivity contribution in [2.45, 2.75) is 77.5 Å². The highest BCUT2D eigenvalue weighted by molar-refractivity contribution is 6.52. The van der Waals surface area contributed by atoms with Crippen LogP contribution in [0.1, 0.15) is 71.8 Å². The molecule has 3 aliphatic carbocycles. The molecule has 2 fully saturated rings. The van der Waals surface area contributed by atoms with Crippen LogP contribution in [-0.2, 0) is 4.79 Å². The Bertz CT molecular complexity index is 2150. The zero-order chi connectivity index (χ0) is 33.5. The van der Waals surface area contributed by atoms with Crippen molar-refractivity contribution in [3.63, 3.8) is 0 Å². The molecule has 4 aromatic rings. The lowest BCUT2D eigenvalue weighted by Crippen LogP contribution is -2.53. The maximum absolute atomic E-state index is 14.4. The normalized spacial score (nSPS) is 31.3. The summed E-state index contributed by atoms with van der Waals surface area (Å²) in [7, 11) is 1.00. The summed E-state index contributed by atoms with van der Waals surface area (Å²) in [6.07, 6.45) is 6.28. The molecule has 0 saturated heterocycles. The van der Waals surface area contributed by atoms with Crippen molar-refractivity contribution in [3.8, 4) is 0 Å². The molecule has 5 N–H and O–H groups in total. The van der Waals surface area contributed by atoms with Crippen LogP contribution in [0.5, 0.6) is 0 Å². The summed E-state index contributed by atoms with van der Waals surface area (Å²) in [5.74, 6) is 2.18. The van der Waals surface area contributed by atoms with Gasteiger partial charge in [0, 0.05) is 40.0 Å². The lowest BCUT2D eigenvalue weighted by atomic mass is 9.74. The first-order chi connectivity index (χ1) is 23.1. The SMILES string of the molecule is CC1CC(C)CC2(C1)N=c1/c(=C3\C(=O)C(c4ccc5cccc6c5c4NC4(CC(C)CC(C)C4)N6)=C3O)ccc3cccc(c13)N2.CO. The standard InChI is InChI=1S/C40H42N4O2.CH4O/c1-21-15-22(2)18-39(17-21)41-29-9-5-7-25-11-13-27(35(43-39)31(25)29)33-37(45)34(38(33)46)28-14-12-26-8-6-10-30-32(26)36(28)44-40(42-30)19-23(3)16-24(4)20-40;1-2/h5-14,21-24,41-43,45H,15-20H2,1-4H3;2H,1H3/b34-28-;. The van der Waals surface area contributed by atoms with E-state index in [1.807, 2.05) is 12.1 Å². The molecule has 5 aliphatic rings. The Balaban J connectivity index is 0.00000165. The molecule has 2 saturated carbocycles. The van der Waals surface area contributed by atoms with Crippen LogP contribution >= 0.6 is 0 Å². The molecule has 2 heterocycles. The molecular formula is C41H46N4O3. The number of hydrogen-bond donors (Lipinski definition) is 5. The Kier molecular flexibility index (Phi) is 7.15. The second-order valence-electron chi connectivity index (χ2n) is 15.5. The smallest absolute Gasteiger partial charge is 0.201 e. The quantitative estimate of drug-likeness (QED) is 0.147. The molecule has 248 valence electrons. The number of aliphatic hydroxyl groups is 2. The maximum atomic E-state index is 14.4. The van der Waals surface area contributed by atoms with E-state index < -0.39 is 5.66 Å². The average molecular weight is 643 g/mol. The third kappa shape index (κ3) is 4.65. The number of anilines is 3. The van der Waals surface area contributed by atoms with E-state index in [1.54, 1.807) is 0 Å². The van der Waals surface area contributed by atoms with Crippen molar-refractivity contribution in [1.29, 1.82) is 0 Å². The third-order valence-electron chi connectivity index (χ3n) is 11.3. The topological polar surface area (TPSA) is 106 Å². The van der Waals surface area contributed by atoms with Gasteiger partial charge in [-0.25, -0.2) is 0 Å². The monoisotopic (exact) mass is 642 g/mol. The highest BCUT2D eigenvalue weighted by Crippen LogP contribution is 2.50. The first-order valence-corrected chi connectivity index (χ1v) is 17.6. The number of carbonyl (C=O) groups excluding carboxylic acids is 1. The van der Waals surface area contributed by atoms with Crippen molar-refractivity contribution in [1.82, 2.24) is 0 Å². The lowest BCUT2D eigenvalue weighted by molar-refractivity contribution is -0.109. The van der Waals surface area contributed by atoms with Crippen LogP contribution < -0.4 is 26.5 Å². The minimum absolute atomic E-state index is 0.0686. The second kappa shape index (κ2) is 11.1. The van der Waals surface area contributed by atoms with Gasteiger partial charge < -0.3 is 26.2 Å². The van der Waals surface area contributed by atoms with E-state index in [1.165, 1.54) is 12.8 Å². The van der Waals surface area contributed by atoms with Crippen LogP contribution in [0.15, 0.2) is 71.4 Å². The molecule has 48 heavy (non-hydrogen) atoms. The summed E-state index contributed by atoms with van der Waals surface area (Å²) >= 11 is 0. The molecule has 4 unspecified atom stereocenters. The summed E-state index contributed by atoms with van der Waals surface area (Å²) in [6.45, 7) is 9.28. The molecule has 0 aromatic heterocycles. The van der Waals surface area contributed by atoms with Crippen LogP contribution in [0.3, 0.4) is 0 Å². The van der Waals surface area contributed by atoms with Gasteiger partial charge in [-0.05, 0) is 85.1 Å². The van der Waals surface area contributed by atoms with Crippen LogP contribution in [0.4, 0.5) is 17.1 Å². The van der Waals surface area contributed by atoms with Gasteiger partial charge in [-0.2, -0.15) is 0 Å². The van der Waals surface area contributed by atoms with Crippen molar-refractivity contribution in [3.05, 3.63) is 82.6 Å². The van der Waals surface area contributed by atoms with E-state index in [0.717, 1.165) is 87.5 Å². The van der Waals surface area contributed by atoms with Crippen molar-refractivity contribution in [2.24, 2.45) is 28.7 Å². The van der Waals surface area contributed by atoms with Crippen molar-refractivity contribution in [2.75, 3.05) is 23.1 Å².